The summed E-state index contributed by atoms with van der Waals surface area (Å²) in [6.45, 7) is 1.84. The highest BCUT2D eigenvalue weighted by atomic mass is 16.6. The van der Waals surface area contributed by atoms with Crippen LogP contribution >= 0.6 is 0 Å². The van der Waals surface area contributed by atoms with Gasteiger partial charge in [0.25, 0.3) is 0 Å². The Bertz CT molecular complexity index is 1160. The Balaban J connectivity index is 1.94. The highest BCUT2D eigenvalue weighted by molar-refractivity contribution is 5.91. The van der Waals surface area contributed by atoms with E-state index in [0.717, 1.165) is 0 Å². The monoisotopic (exact) mass is 480 g/mol. The number of hydrogen-bond acceptors (Lipinski definition) is 8. The zero-order valence-corrected chi connectivity index (χ0v) is 20.0. The first kappa shape index (κ1) is 25.6. The lowest BCUT2D eigenvalue weighted by atomic mass is 9.88. The smallest absolute Gasteiger partial charge is 0.343 e. The first-order valence-electron chi connectivity index (χ1n) is 10.9. The van der Waals surface area contributed by atoms with Crippen LogP contribution in [0.3, 0.4) is 0 Å². The predicted molar refractivity (Wildman–Crippen MR) is 128 cm³/mol. The minimum absolute atomic E-state index is 0.146. The molecular weight excluding hydrogens is 452 g/mol. The number of benzene rings is 3. The highest BCUT2D eigenvalue weighted by Gasteiger charge is 2.32. The zero-order valence-electron chi connectivity index (χ0n) is 20.0. The Kier molecular flexibility index (Phi) is 8.69. The molecule has 8 heteroatoms. The second-order valence-electron chi connectivity index (χ2n) is 7.45. The molecule has 0 radical (unpaired) electrons. The average Bonchev–Trinajstić information content (AvgIpc) is 2.89. The van der Waals surface area contributed by atoms with E-state index in [1.165, 1.54) is 33.5 Å². The molecule has 0 aliphatic rings. The van der Waals surface area contributed by atoms with Gasteiger partial charge in [-0.15, -0.1) is 0 Å². The van der Waals surface area contributed by atoms with Gasteiger partial charge in [0.05, 0.1) is 39.6 Å². The van der Waals surface area contributed by atoms with Crippen molar-refractivity contribution in [2.24, 2.45) is 0 Å². The van der Waals surface area contributed by atoms with Crippen molar-refractivity contribution >= 4 is 11.9 Å². The summed E-state index contributed by atoms with van der Waals surface area (Å²) in [5, 5.41) is 11.3. The number of aliphatic hydroxyl groups excluding tert-OH is 1. The van der Waals surface area contributed by atoms with E-state index in [4.69, 9.17) is 23.7 Å². The molecule has 0 unspecified atom stereocenters. The van der Waals surface area contributed by atoms with Crippen molar-refractivity contribution in [1.82, 2.24) is 0 Å². The minimum Gasteiger partial charge on any atom is -0.493 e. The van der Waals surface area contributed by atoms with E-state index in [0.29, 0.717) is 28.2 Å². The van der Waals surface area contributed by atoms with Crippen LogP contribution in [0, 0.1) is 0 Å². The van der Waals surface area contributed by atoms with Gasteiger partial charge in [0, 0.05) is 0 Å². The lowest BCUT2D eigenvalue weighted by Gasteiger charge is -2.23. The van der Waals surface area contributed by atoms with Crippen molar-refractivity contribution in [3.05, 3.63) is 83.4 Å². The van der Waals surface area contributed by atoms with Crippen LogP contribution in [-0.2, 0) is 9.53 Å². The maximum absolute atomic E-state index is 12.9. The van der Waals surface area contributed by atoms with Crippen molar-refractivity contribution in [2.75, 3.05) is 27.9 Å². The number of hydrogen-bond donors (Lipinski definition) is 1. The van der Waals surface area contributed by atoms with E-state index in [-0.39, 0.29) is 18.1 Å². The summed E-state index contributed by atoms with van der Waals surface area (Å²) in [6.07, 6.45) is -1.29. The number of aliphatic hydroxyl groups is 1. The van der Waals surface area contributed by atoms with Crippen molar-refractivity contribution in [1.29, 1.82) is 0 Å². The topological polar surface area (TPSA) is 101 Å². The number of esters is 2. The van der Waals surface area contributed by atoms with Crippen LogP contribution in [-0.4, -0.2) is 45.0 Å². The molecule has 0 saturated heterocycles. The number of carbonyl (C=O) groups excluding carboxylic acids is 2. The fourth-order valence-electron chi connectivity index (χ4n) is 3.60. The van der Waals surface area contributed by atoms with Gasteiger partial charge >= 0.3 is 11.9 Å². The third kappa shape index (κ3) is 5.91. The number of carbonyl (C=O) groups is 2. The van der Waals surface area contributed by atoms with Gasteiger partial charge in [0.1, 0.15) is 5.92 Å². The van der Waals surface area contributed by atoms with Gasteiger partial charge in [-0.3, -0.25) is 4.79 Å². The summed E-state index contributed by atoms with van der Waals surface area (Å²) in [5.41, 5.74) is 1.23. The van der Waals surface area contributed by atoms with Gasteiger partial charge in [-0.1, -0.05) is 30.3 Å². The van der Waals surface area contributed by atoms with Crippen LogP contribution < -0.4 is 18.9 Å². The molecule has 8 nitrogen and oxygen atoms in total. The molecule has 0 aliphatic carbocycles. The molecule has 0 fully saturated rings. The van der Waals surface area contributed by atoms with Crippen LogP contribution in [0.1, 0.15) is 40.4 Å². The lowest BCUT2D eigenvalue weighted by molar-refractivity contribution is -0.148. The molecule has 0 spiro atoms. The Morgan fingerprint density at radius 2 is 1.34 bits per heavy atom. The molecule has 0 amide bonds. The van der Waals surface area contributed by atoms with E-state index in [1.807, 2.05) is 0 Å². The molecule has 3 aromatic carbocycles. The number of methoxy groups -OCH3 is 3. The molecule has 3 aromatic rings. The van der Waals surface area contributed by atoms with E-state index in [1.54, 1.807) is 61.5 Å². The maximum atomic E-state index is 12.9. The van der Waals surface area contributed by atoms with Gasteiger partial charge in [-0.25, -0.2) is 4.79 Å². The van der Waals surface area contributed by atoms with E-state index < -0.39 is 24.0 Å². The number of ether oxygens (including phenoxy) is 5. The standard InChI is InChI=1S/C27H28O8/c1-5-34-27(30)24(18-11-13-20(31-2)22(15-18)32-3)25(28)19-12-14-21(23(16-19)33-4)35-26(29)17-9-7-6-8-10-17/h6-16,24-25,28H,5H2,1-4H3/t24-,25+/m0/s1. The SMILES string of the molecule is CCOC(=O)[C@@H](c1ccc(OC)c(OC)c1)[C@H](O)c1ccc(OC(=O)c2ccccc2)c(OC)c1. The molecule has 1 N–H and O–H groups in total. The first-order valence-corrected chi connectivity index (χ1v) is 10.9. The minimum atomic E-state index is -1.29. The predicted octanol–water partition coefficient (Wildman–Crippen LogP) is 4.31. The molecule has 0 bridgehead atoms. The van der Waals surface area contributed by atoms with Gasteiger partial charge in [-0.2, -0.15) is 0 Å². The fourth-order valence-corrected chi connectivity index (χ4v) is 3.60. The molecule has 184 valence electrons. The third-order valence-electron chi connectivity index (χ3n) is 5.36. The lowest BCUT2D eigenvalue weighted by Crippen LogP contribution is -2.23. The van der Waals surface area contributed by atoms with Crippen LogP contribution in [0.4, 0.5) is 0 Å². The van der Waals surface area contributed by atoms with Crippen LogP contribution in [0.15, 0.2) is 66.7 Å². The van der Waals surface area contributed by atoms with Crippen LogP contribution in [0.25, 0.3) is 0 Å². The summed E-state index contributed by atoms with van der Waals surface area (Å²) < 4.78 is 26.7. The van der Waals surface area contributed by atoms with Crippen molar-refractivity contribution in [3.8, 4) is 23.0 Å². The van der Waals surface area contributed by atoms with Gasteiger partial charge in [-0.05, 0) is 54.4 Å². The largest absolute Gasteiger partial charge is 0.493 e. The highest BCUT2D eigenvalue weighted by Crippen LogP contribution is 2.39. The quantitative estimate of drug-likeness (QED) is 0.338. The second kappa shape index (κ2) is 11.9. The van der Waals surface area contributed by atoms with E-state index in [9.17, 15) is 14.7 Å². The Hall–Kier alpha value is -4.04. The first-order chi connectivity index (χ1) is 16.9. The summed E-state index contributed by atoms with van der Waals surface area (Å²) in [5.74, 6) is -0.918. The summed E-state index contributed by atoms with van der Waals surface area (Å²) in [4.78, 5) is 25.3. The molecule has 0 aliphatic heterocycles. The van der Waals surface area contributed by atoms with Crippen molar-refractivity contribution < 1.29 is 38.4 Å². The zero-order chi connectivity index (χ0) is 25.4. The summed E-state index contributed by atoms with van der Waals surface area (Å²) >= 11 is 0. The molecule has 3 rings (SSSR count). The van der Waals surface area contributed by atoms with Crippen molar-refractivity contribution in [2.45, 2.75) is 18.9 Å². The maximum Gasteiger partial charge on any atom is 0.343 e. The van der Waals surface area contributed by atoms with E-state index in [2.05, 4.69) is 0 Å². The van der Waals surface area contributed by atoms with Crippen LogP contribution in [0.2, 0.25) is 0 Å². The Morgan fingerprint density at radius 1 is 0.771 bits per heavy atom. The fraction of sp³-hybridized carbons (Fsp3) is 0.259. The van der Waals surface area contributed by atoms with Crippen LogP contribution in [0.5, 0.6) is 23.0 Å². The van der Waals surface area contributed by atoms with Gasteiger partial charge < -0.3 is 28.8 Å². The molecule has 0 aromatic heterocycles. The average molecular weight is 481 g/mol. The molecule has 0 saturated carbocycles. The van der Waals surface area contributed by atoms with Crippen molar-refractivity contribution in [3.63, 3.8) is 0 Å². The van der Waals surface area contributed by atoms with E-state index >= 15 is 0 Å². The van der Waals surface area contributed by atoms with Gasteiger partial charge in [0.15, 0.2) is 23.0 Å². The molecule has 35 heavy (non-hydrogen) atoms. The van der Waals surface area contributed by atoms with Gasteiger partial charge in [0.2, 0.25) is 0 Å². The third-order valence-corrected chi connectivity index (χ3v) is 5.36. The normalized spacial score (nSPS) is 12.3. The summed E-state index contributed by atoms with van der Waals surface area (Å²) in [7, 11) is 4.41. The Morgan fingerprint density at radius 3 is 1.97 bits per heavy atom. The molecule has 0 heterocycles. The Labute approximate surface area is 204 Å². The summed E-state index contributed by atoms with van der Waals surface area (Å²) in [6, 6.07) is 18.1. The molecule has 2 atom stereocenters. The second-order valence-corrected chi connectivity index (χ2v) is 7.45. The number of rotatable bonds is 10. The molecular formula is C27H28O8.